The van der Waals surface area contributed by atoms with Gasteiger partial charge in [0.05, 0.1) is 13.2 Å². The molecule has 148 valence electrons. The molecule has 26 heavy (non-hydrogen) atoms. The summed E-state index contributed by atoms with van der Waals surface area (Å²) in [7, 11) is 0. The number of carbonyl (C=O) groups is 4. The van der Waals surface area contributed by atoms with Gasteiger partial charge in [-0.25, -0.2) is 0 Å². The van der Waals surface area contributed by atoms with Crippen LogP contribution in [-0.2, 0) is 19.2 Å². The van der Waals surface area contributed by atoms with Gasteiger partial charge in [-0.15, -0.1) is 0 Å². The van der Waals surface area contributed by atoms with Gasteiger partial charge in [0.25, 0.3) is 0 Å². The summed E-state index contributed by atoms with van der Waals surface area (Å²) in [5, 5.41) is 33.6. The number of hydrogen-bond acceptors (Lipinski definition) is 7. The molecule has 0 aliphatic carbocycles. The van der Waals surface area contributed by atoms with Gasteiger partial charge in [0.2, 0.25) is 17.7 Å². The fourth-order valence-electron chi connectivity index (χ4n) is 1.71. The topological polar surface area (TPSA) is 233 Å². The minimum absolute atomic E-state index is 0.140. The molecule has 0 unspecified atom stereocenters. The molecule has 0 radical (unpaired) electrons. The van der Waals surface area contributed by atoms with E-state index in [2.05, 4.69) is 21.3 Å². The Balaban J connectivity index is 4.58. The molecule has 13 heteroatoms. The van der Waals surface area contributed by atoms with Crippen molar-refractivity contribution in [3.05, 3.63) is 0 Å². The summed E-state index contributed by atoms with van der Waals surface area (Å²) in [6, 6.07) is -2.21. The van der Waals surface area contributed by atoms with Gasteiger partial charge in [-0.1, -0.05) is 0 Å². The summed E-state index contributed by atoms with van der Waals surface area (Å²) in [6.45, 7) is -1.40. The molecule has 0 heterocycles. The SMILES string of the molecule is N=C(N)NCCC[C@H](NC(=O)CNC(=O)[C@@H](N)CO)C(=O)NCC(=O)O. The fraction of sp³-hybridized carbons (Fsp3) is 0.615. The van der Waals surface area contributed by atoms with Crippen LogP contribution in [-0.4, -0.2) is 78.2 Å². The van der Waals surface area contributed by atoms with Gasteiger partial charge in [0.15, 0.2) is 5.96 Å². The molecule has 2 atom stereocenters. The minimum Gasteiger partial charge on any atom is -0.480 e. The molecule has 0 aromatic heterocycles. The number of nitrogens with one attached hydrogen (secondary N) is 5. The van der Waals surface area contributed by atoms with E-state index in [-0.39, 0.29) is 18.9 Å². The summed E-state index contributed by atoms with van der Waals surface area (Å²) in [5.41, 5.74) is 10.4. The Bertz CT molecular complexity index is 527. The normalized spacial score (nSPS) is 12.4. The molecular weight excluding hydrogens is 350 g/mol. The van der Waals surface area contributed by atoms with Crippen LogP contribution in [0.2, 0.25) is 0 Å². The number of aliphatic carboxylic acids is 1. The van der Waals surface area contributed by atoms with E-state index in [0.29, 0.717) is 6.42 Å². The van der Waals surface area contributed by atoms with Crippen molar-refractivity contribution in [3.63, 3.8) is 0 Å². The van der Waals surface area contributed by atoms with Crippen LogP contribution >= 0.6 is 0 Å². The third-order valence-corrected chi connectivity index (χ3v) is 3.01. The molecule has 0 rings (SSSR count). The van der Waals surface area contributed by atoms with Crippen molar-refractivity contribution in [1.82, 2.24) is 21.3 Å². The number of carboxylic acids is 1. The number of nitrogens with two attached hydrogens (primary N) is 2. The van der Waals surface area contributed by atoms with Gasteiger partial charge in [0.1, 0.15) is 18.6 Å². The van der Waals surface area contributed by atoms with Crippen LogP contribution in [0.25, 0.3) is 0 Å². The summed E-state index contributed by atoms with van der Waals surface area (Å²) in [4.78, 5) is 45.8. The first-order valence-corrected chi connectivity index (χ1v) is 7.68. The van der Waals surface area contributed by atoms with Gasteiger partial charge >= 0.3 is 5.97 Å². The molecule has 0 bridgehead atoms. The number of aliphatic hydroxyl groups excluding tert-OH is 1. The van der Waals surface area contributed by atoms with Crippen molar-refractivity contribution in [2.75, 3.05) is 26.2 Å². The molecule has 0 fully saturated rings. The molecule has 0 aromatic rings. The van der Waals surface area contributed by atoms with Gasteiger partial charge < -0.3 is 42.9 Å². The number of hydrogen-bond donors (Lipinski definition) is 9. The Morgan fingerprint density at radius 1 is 1.04 bits per heavy atom. The molecule has 0 aromatic carbocycles. The van der Waals surface area contributed by atoms with Crippen LogP contribution in [0.3, 0.4) is 0 Å². The van der Waals surface area contributed by atoms with E-state index >= 15 is 0 Å². The molecule has 0 saturated heterocycles. The van der Waals surface area contributed by atoms with E-state index in [1.54, 1.807) is 0 Å². The van der Waals surface area contributed by atoms with E-state index in [9.17, 15) is 19.2 Å². The lowest BCUT2D eigenvalue weighted by Crippen LogP contribution is -2.52. The lowest BCUT2D eigenvalue weighted by Gasteiger charge is -2.18. The lowest BCUT2D eigenvalue weighted by molar-refractivity contribution is -0.138. The first-order chi connectivity index (χ1) is 12.2. The van der Waals surface area contributed by atoms with E-state index in [1.807, 2.05) is 0 Å². The first kappa shape index (κ1) is 23.1. The predicted molar refractivity (Wildman–Crippen MR) is 89.8 cm³/mol. The average molecular weight is 375 g/mol. The largest absolute Gasteiger partial charge is 0.480 e. The molecule has 0 aliphatic heterocycles. The third kappa shape index (κ3) is 10.8. The van der Waals surface area contributed by atoms with Crippen molar-refractivity contribution < 1.29 is 29.4 Å². The van der Waals surface area contributed by atoms with Gasteiger partial charge in [-0.05, 0) is 12.8 Å². The fourth-order valence-corrected chi connectivity index (χ4v) is 1.71. The van der Waals surface area contributed by atoms with Crippen LogP contribution in [0.15, 0.2) is 0 Å². The van der Waals surface area contributed by atoms with Crippen LogP contribution in [0.1, 0.15) is 12.8 Å². The number of rotatable bonds is 12. The van der Waals surface area contributed by atoms with Gasteiger partial charge in [0, 0.05) is 6.54 Å². The Morgan fingerprint density at radius 2 is 1.65 bits per heavy atom. The lowest BCUT2D eigenvalue weighted by atomic mass is 10.1. The second kappa shape index (κ2) is 12.4. The number of carbonyl (C=O) groups excluding carboxylic acids is 3. The zero-order chi connectivity index (χ0) is 20.1. The molecule has 0 aliphatic rings. The summed E-state index contributed by atoms with van der Waals surface area (Å²) in [6.07, 6.45) is 0.494. The Hall–Kier alpha value is -2.93. The smallest absolute Gasteiger partial charge is 0.322 e. The zero-order valence-corrected chi connectivity index (χ0v) is 14.1. The summed E-state index contributed by atoms with van der Waals surface area (Å²) < 4.78 is 0. The molecule has 0 saturated carbocycles. The number of aliphatic hydroxyl groups is 1. The molecular formula is C13H25N7O6. The second-order valence-electron chi connectivity index (χ2n) is 5.22. The molecule has 13 nitrogen and oxygen atoms in total. The monoisotopic (exact) mass is 375 g/mol. The highest BCUT2D eigenvalue weighted by Gasteiger charge is 2.21. The minimum atomic E-state index is -1.24. The third-order valence-electron chi connectivity index (χ3n) is 3.01. The van der Waals surface area contributed by atoms with Gasteiger partial charge in [-0.3, -0.25) is 24.6 Å². The van der Waals surface area contributed by atoms with Crippen molar-refractivity contribution in [3.8, 4) is 0 Å². The number of amides is 3. The highest BCUT2D eigenvalue weighted by atomic mass is 16.4. The average Bonchev–Trinajstić information content (AvgIpc) is 2.58. The summed E-state index contributed by atoms with van der Waals surface area (Å²) >= 11 is 0. The Labute approximate surface area is 149 Å². The first-order valence-electron chi connectivity index (χ1n) is 7.68. The van der Waals surface area contributed by atoms with Crippen LogP contribution in [0.5, 0.6) is 0 Å². The maximum absolute atomic E-state index is 12.0. The van der Waals surface area contributed by atoms with Crippen LogP contribution in [0.4, 0.5) is 0 Å². The number of guanidine groups is 1. The standard InChI is InChI=1S/C13H25N7O6/c14-7(6-21)11(25)18-4-9(22)20-8(2-1-3-17-13(15)16)12(26)19-5-10(23)24/h7-8,21H,1-6,14H2,(H,18,25)(H,19,26)(H,20,22)(H,23,24)(H4,15,16,17)/t7-,8-/m0/s1. The quantitative estimate of drug-likeness (QED) is 0.0904. The van der Waals surface area contributed by atoms with Crippen molar-refractivity contribution >= 4 is 29.7 Å². The van der Waals surface area contributed by atoms with Crippen molar-refractivity contribution in [1.29, 1.82) is 5.41 Å². The van der Waals surface area contributed by atoms with E-state index in [0.717, 1.165) is 0 Å². The number of carboxylic acid groups (broad SMARTS) is 1. The van der Waals surface area contributed by atoms with Gasteiger partial charge in [-0.2, -0.15) is 0 Å². The van der Waals surface area contributed by atoms with Crippen LogP contribution in [0, 0.1) is 5.41 Å². The van der Waals surface area contributed by atoms with E-state index < -0.39 is 55.5 Å². The Kier molecular flexibility index (Phi) is 11.0. The molecule has 11 N–H and O–H groups in total. The van der Waals surface area contributed by atoms with Crippen LogP contribution < -0.4 is 32.7 Å². The maximum atomic E-state index is 12.0. The zero-order valence-electron chi connectivity index (χ0n) is 14.1. The highest BCUT2D eigenvalue weighted by Crippen LogP contribution is 1.97. The Morgan fingerprint density at radius 3 is 2.19 bits per heavy atom. The molecule has 3 amide bonds. The highest BCUT2D eigenvalue weighted by molar-refractivity contribution is 5.91. The van der Waals surface area contributed by atoms with E-state index in [1.165, 1.54) is 0 Å². The summed E-state index contributed by atoms with van der Waals surface area (Å²) in [5.74, 6) is -3.63. The predicted octanol–water partition coefficient (Wildman–Crippen LogP) is -4.63. The van der Waals surface area contributed by atoms with Crippen molar-refractivity contribution in [2.45, 2.75) is 24.9 Å². The van der Waals surface area contributed by atoms with E-state index in [4.69, 9.17) is 27.1 Å². The molecule has 0 spiro atoms. The second-order valence-corrected chi connectivity index (χ2v) is 5.22. The maximum Gasteiger partial charge on any atom is 0.322 e. The van der Waals surface area contributed by atoms with Crippen molar-refractivity contribution in [2.24, 2.45) is 11.5 Å².